The summed E-state index contributed by atoms with van der Waals surface area (Å²) in [6.45, 7) is 0.904. The zero-order valence-electron chi connectivity index (χ0n) is 16.1. The molecular formula is C16H22F3N3O6S2. The SMILES string of the molecule is CS(=O)(=O)N(C(=O)NC[C@@H](Oc1ccc(C(F)(F)F)cc1)[C@H]1CCNC1)S(C)(=O)=O. The Balaban J connectivity index is 2.15. The van der Waals surface area contributed by atoms with Gasteiger partial charge in [-0.3, -0.25) is 0 Å². The molecule has 170 valence electrons. The first-order chi connectivity index (χ1) is 13.7. The van der Waals surface area contributed by atoms with Gasteiger partial charge in [0.2, 0.25) is 20.0 Å². The number of hydrogen-bond acceptors (Lipinski definition) is 7. The van der Waals surface area contributed by atoms with E-state index in [2.05, 4.69) is 10.6 Å². The van der Waals surface area contributed by atoms with Crippen LogP contribution in [0.4, 0.5) is 18.0 Å². The number of carbonyl (C=O) groups is 1. The average Bonchev–Trinajstić information content (AvgIpc) is 3.10. The van der Waals surface area contributed by atoms with Crippen molar-refractivity contribution < 1.29 is 39.5 Å². The maximum atomic E-state index is 12.7. The highest BCUT2D eigenvalue weighted by Gasteiger charge is 2.35. The zero-order valence-corrected chi connectivity index (χ0v) is 17.8. The third-order valence-electron chi connectivity index (χ3n) is 4.32. The number of rotatable bonds is 7. The Morgan fingerprint density at radius 2 is 1.77 bits per heavy atom. The molecule has 1 aliphatic heterocycles. The molecule has 1 fully saturated rings. The van der Waals surface area contributed by atoms with E-state index < -0.39 is 43.9 Å². The molecule has 1 heterocycles. The molecule has 2 N–H and O–H groups in total. The van der Waals surface area contributed by atoms with Crippen LogP contribution in [-0.2, 0) is 26.2 Å². The van der Waals surface area contributed by atoms with Crippen LogP contribution in [0.15, 0.2) is 24.3 Å². The molecule has 2 atom stereocenters. The van der Waals surface area contributed by atoms with Crippen molar-refractivity contribution in [2.75, 3.05) is 32.1 Å². The van der Waals surface area contributed by atoms with E-state index in [1.807, 2.05) is 0 Å². The van der Waals surface area contributed by atoms with Crippen molar-refractivity contribution in [2.24, 2.45) is 5.92 Å². The second-order valence-electron chi connectivity index (χ2n) is 6.84. The van der Waals surface area contributed by atoms with E-state index in [-0.39, 0.29) is 21.9 Å². The van der Waals surface area contributed by atoms with Gasteiger partial charge >= 0.3 is 12.2 Å². The first-order valence-corrected chi connectivity index (χ1v) is 12.4. The van der Waals surface area contributed by atoms with E-state index in [9.17, 15) is 34.8 Å². The molecule has 0 aliphatic carbocycles. The van der Waals surface area contributed by atoms with E-state index in [0.29, 0.717) is 32.0 Å². The summed E-state index contributed by atoms with van der Waals surface area (Å²) in [5, 5.41) is 5.31. The van der Waals surface area contributed by atoms with E-state index in [1.54, 1.807) is 0 Å². The molecule has 2 amide bonds. The second-order valence-corrected chi connectivity index (χ2v) is 10.7. The predicted octanol–water partition coefficient (Wildman–Crippen LogP) is 0.993. The van der Waals surface area contributed by atoms with Crippen molar-refractivity contribution in [3.8, 4) is 5.75 Å². The number of hydrogen-bond donors (Lipinski definition) is 2. The molecule has 0 radical (unpaired) electrons. The second kappa shape index (κ2) is 8.98. The number of urea groups is 1. The molecule has 1 aromatic carbocycles. The fourth-order valence-electron chi connectivity index (χ4n) is 3.00. The van der Waals surface area contributed by atoms with Gasteiger partial charge in [-0.05, 0) is 37.2 Å². The monoisotopic (exact) mass is 473 g/mol. The van der Waals surface area contributed by atoms with Crippen molar-refractivity contribution in [3.05, 3.63) is 29.8 Å². The first-order valence-electron chi connectivity index (χ1n) is 8.72. The number of halogens is 3. The maximum absolute atomic E-state index is 12.7. The van der Waals surface area contributed by atoms with E-state index in [0.717, 1.165) is 24.3 Å². The van der Waals surface area contributed by atoms with Crippen molar-refractivity contribution in [3.63, 3.8) is 0 Å². The fraction of sp³-hybridized carbons (Fsp3) is 0.562. The minimum atomic E-state index is -4.50. The Morgan fingerprint density at radius 1 is 1.20 bits per heavy atom. The molecule has 1 saturated heterocycles. The van der Waals surface area contributed by atoms with Crippen LogP contribution >= 0.6 is 0 Å². The standard InChI is InChI=1S/C16H22F3N3O6S2/c1-29(24,25)22(30(2,26)27)15(23)21-10-14(11-7-8-20-9-11)28-13-5-3-12(4-6-13)16(17,18)19/h3-6,11,14,20H,7-10H2,1-2H3,(H,21,23)/t11-,14+/m0/s1. The summed E-state index contributed by atoms with van der Waals surface area (Å²) < 4.78 is 90.3. The summed E-state index contributed by atoms with van der Waals surface area (Å²) >= 11 is 0. The van der Waals surface area contributed by atoms with Crippen LogP contribution in [0.3, 0.4) is 0 Å². The molecule has 30 heavy (non-hydrogen) atoms. The number of nitrogens with one attached hydrogen (secondary N) is 2. The molecule has 2 rings (SSSR count). The minimum Gasteiger partial charge on any atom is -0.488 e. The lowest BCUT2D eigenvalue weighted by molar-refractivity contribution is -0.137. The van der Waals surface area contributed by atoms with E-state index >= 15 is 0 Å². The number of carbonyl (C=O) groups excluding carboxylic acids is 1. The van der Waals surface area contributed by atoms with Gasteiger partial charge in [-0.2, -0.15) is 13.2 Å². The lowest BCUT2D eigenvalue weighted by Gasteiger charge is -2.26. The summed E-state index contributed by atoms with van der Waals surface area (Å²) in [5.74, 6) is -0.0188. The largest absolute Gasteiger partial charge is 0.488 e. The minimum absolute atomic E-state index is 0.122. The molecule has 14 heteroatoms. The van der Waals surface area contributed by atoms with Crippen LogP contribution in [0.1, 0.15) is 12.0 Å². The lowest BCUT2D eigenvalue weighted by Crippen LogP contribution is -2.49. The highest BCUT2D eigenvalue weighted by atomic mass is 32.3. The Kier molecular flexibility index (Phi) is 7.24. The lowest BCUT2D eigenvalue weighted by atomic mass is 10.0. The van der Waals surface area contributed by atoms with Crippen LogP contribution in [-0.4, -0.2) is 64.8 Å². The van der Waals surface area contributed by atoms with Gasteiger partial charge in [0.25, 0.3) is 0 Å². The van der Waals surface area contributed by atoms with Gasteiger partial charge in [-0.1, -0.05) is 0 Å². The van der Waals surface area contributed by atoms with Gasteiger partial charge in [-0.15, -0.1) is 3.71 Å². The first kappa shape index (κ1) is 24.2. The van der Waals surface area contributed by atoms with E-state index in [4.69, 9.17) is 4.74 Å². The smallest absolute Gasteiger partial charge is 0.416 e. The summed E-state index contributed by atoms with van der Waals surface area (Å²) in [7, 11) is -8.79. The third-order valence-corrected chi connectivity index (χ3v) is 7.48. The quantitative estimate of drug-likeness (QED) is 0.606. The molecule has 0 aromatic heterocycles. The zero-order chi connectivity index (χ0) is 22.7. The normalized spacial score (nSPS) is 18.6. The number of alkyl halides is 3. The topological polar surface area (TPSA) is 122 Å². The summed E-state index contributed by atoms with van der Waals surface area (Å²) in [6.07, 6.45) is -3.44. The van der Waals surface area contributed by atoms with Gasteiger partial charge in [0, 0.05) is 12.5 Å². The van der Waals surface area contributed by atoms with E-state index in [1.165, 1.54) is 0 Å². The van der Waals surface area contributed by atoms with Crippen molar-refractivity contribution in [1.29, 1.82) is 0 Å². The van der Waals surface area contributed by atoms with Gasteiger partial charge < -0.3 is 15.4 Å². The Hall–Kier alpha value is -2.06. The number of benzene rings is 1. The highest BCUT2D eigenvalue weighted by molar-refractivity contribution is 8.04. The predicted molar refractivity (Wildman–Crippen MR) is 102 cm³/mol. The molecule has 9 nitrogen and oxygen atoms in total. The number of nitrogens with zero attached hydrogens (tertiary/aromatic N) is 1. The summed E-state index contributed by atoms with van der Waals surface area (Å²) in [6, 6.07) is 2.62. The molecule has 1 aromatic rings. The Morgan fingerprint density at radius 3 is 2.20 bits per heavy atom. The van der Waals surface area contributed by atoms with Crippen LogP contribution < -0.4 is 15.4 Å². The Bertz CT molecular complexity index is 927. The molecule has 1 aliphatic rings. The Labute approximate surface area is 172 Å². The van der Waals surface area contributed by atoms with Crippen LogP contribution in [0.25, 0.3) is 0 Å². The number of amides is 2. The van der Waals surface area contributed by atoms with Gasteiger partial charge in [0.1, 0.15) is 11.9 Å². The molecular weight excluding hydrogens is 451 g/mol. The number of ether oxygens (including phenoxy) is 1. The number of sulfonamides is 2. The summed E-state index contributed by atoms with van der Waals surface area (Å²) in [4.78, 5) is 12.2. The molecule has 0 bridgehead atoms. The van der Waals surface area contributed by atoms with Crippen LogP contribution in [0.2, 0.25) is 0 Å². The maximum Gasteiger partial charge on any atom is 0.416 e. The van der Waals surface area contributed by atoms with Gasteiger partial charge in [-0.25, -0.2) is 21.6 Å². The third kappa shape index (κ3) is 6.47. The van der Waals surface area contributed by atoms with Crippen LogP contribution in [0.5, 0.6) is 5.75 Å². The highest BCUT2D eigenvalue weighted by Crippen LogP contribution is 2.31. The summed E-state index contributed by atoms with van der Waals surface area (Å²) in [5.41, 5.74) is -0.848. The van der Waals surface area contributed by atoms with Crippen molar-refractivity contribution in [2.45, 2.75) is 18.7 Å². The van der Waals surface area contributed by atoms with Crippen LogP contribution in [0, 0.1) is 5.92 Å². The molecule has 0 spiro atoms. The molecule has 0 saturated carbocycles. The molecule has 0 unspecified atom stereocenters. The fourth-order valence-corrected chi connectivity index (χ4v) is 5.69. The van der Waals surface area contributed by atoms with Crippen molar-refractivity contribution in [1.82, 2.24) is 14.3 Å². The van der Waals surface area contributed by atoms with Crippen molar-refractivity contribution >= 4 is 26.1 Å². The van der Waals surface area contributed by atoms with Gasteiger partial charge in [0.05, 0.1) is 24.6 Å². The van der Waals surface area contributed by atoms with Gasteiger partial charge in [0.15, 0.2) is 0 Å². The average molecular weight is 473 g/mol.